The molecule has 1 spiro atoms. The Labute approximate surface area is 172 Å². The number of nitrogens with one attached hydrogen (secondary N) is 1. The highest BCUT2D eigenvalue weighted by atomic mass is 16.2. The van der Waals surface area contributed by atoms with Crippen molar-refractivity contribution in [1.82, 2.24) is 19.9 Å². The van der Waals surface area contributed by atoms with Crippen molar-refractivity contribution >= 4 is 11.7 Å². The Morgan fingerprint density at radius 2 is 2.21 bits per heavy atom. The van der Waals surface area contributed by atoms with Crippen LogP contribution in [0.4, 0.5) is 5.82 Å². The van der Waals surface area contributed by atoms with Gasteiger partial charge in [0.2, 0.25) is 5.91 Å². The summed E-state index contributed by atoms with van der Waals surface area (Å²) in [5.41, 5.74) is 3.34. The molecule has 2 aromatic rings. The Bertz CT molecular complexity index is 911. The molecule has 29 heavy (non-hydrogen) atoms. The first-order chi connectivity index (χ1) is 14.2. The van der Waals surface area contributed by atoms with Gasteiger partial charge in [0, 0.05) is 54.5 Å². The van der Waals surface area contributed by atoms with E-state index in [1.807, 2.05) is 18.3 Å². The average Bonchev–Trinajstić information content (AvgIpc) is 3.56. The minimum atomic E-state index is -0.0271. The van der Waals surface area contributed by atoms with Crippen LogP contribution in [0.1, 0.15) is 56.7 Å². The highest BCUT2D eigenvalue weighted by Crippen LogP contribution is 2.47. The highest BCUT2D eigenvalue weighted by molar-refractivity contribution is 5.81. The normalized spacial score (nSPS) is 23.3. The molecule has 3 heterocycles. The van der Waals surface area contributed by atoms with Gasteiger partial charge in [-0.25, -0.2) is 9.97 Å². The fourth-order valence-electron chi connectivity index (χ4n) is 4.96. The van der Waals surface area contributed by atoms with Gasteiger partial charge in [-0.1, -0.05) is 6.92 Å². The number of aromatic nitrogens is 3. The molecule has 6 nitrogen and oxygen atoms in total. The highest BCUT2D eigenvalue weighted by Gasteiger charge is 2.47. The Kier molecular flexibility index (Phi) is 4.72. The average molecular weight is 392 g/mol. The number of amides is 1. The number of anilines is 1. The summed E-state index contributed by atoms with van der Waals surface area (Å²) in [5, 5.41) is 3.54. The van der Waals surface area contributed by atoms with E-state index in [0.29, 0.717) is 5.91 Å². The van der Waals surface area contributed by atoms with Crippen molar-refractivity contribution in [1.29, 1.82) is 0 Å². The van der Waals surface area contributed by atoms with Crippen LogP contribution in [0.5, 0.6) is 0 Å². The first-order valence-electron chi connectivity index (χ1n) is 11.0. The monoisotopic (exact) mass is 391 g/mol. The number of hydrogen-bond donors (Lipinski definition) is 1. The molecule has 2 aromatic heterocycles. The van der Waals surface area contributed by atoms with Crippen LogP contribution in [-0.2, 0) is 16.6 Å². The SMILES string of the molecule is CCCNc1nc(-c2cccnc2)nc2c1CCC21CCCN(C(=O)C2CC2)C1. The molecule has 1 unspecified atom stereocenters. The maximum atomic E-state index is 12.8. The third-order valence-electron chi connectivity index (χ3n) is 6.64. The lowest BCUT2D eigenvalue weighted by Gasteiger charge is -2.40. The lowest BCUT2D eigenvalue weighted by Crippen LogP contribution is -2.48. The van der Waals surface area contributed by atoms with Gasteiger partial charge in [-0.2, -0.15) is 0 Å². The van der Waals surface area contributed by atoms with E-state index in [0.717, 1.165) is 81.8 Å². The number of fused-ring (bicyclic) bond motifs is 2. The van der Waals surface area contributed by atoms with Gasteiger partial charge in [0.25, 0.3) is 0 Å². The van der Waals surface area contributed by atoms with Gasteiger partial charge < -0.3 is 10.2 Å². The van der Waals surface area contributed by atoms with Crippen molar-refractivity contribution < 1.29 is 4.79 Å². The maximum Gasteiger partial charge on any atom is 0.225 e. The van der Waals surface area contributed by atoms with Gasteiger partial charge in [0.05, 0.1) is 5.69 Å². The fraction of sp³-hybridized carbons (Fsp3) is 0.565. The van der Waals surface area contributed by atoms with Crippen LogP contribution in [0.15, 0.2) is 24.5 Å². The molecule has 2 fully saturated rings. The number of nitrogens with zero attached hydrogens (tertiary/aromatic N) is 4. The molecule has 0 aromatic carbocycles. The molecular weight excluding hydrogens is 362 g/mol. The summed E-state index contributed by atoms with van der Waals surface area (Å²) in [6.45, 7) is 4.77. The molecule has 3 aliphatic rings. The van der Waals surface area contributed by atoms with Gasteiger partial charge in [-0.3, -0.25) is 9.78 Å². The van der Waals surface area contributed by atoms with E-state index in [-0.39, 0.29) is 11.3 Å². The summed E-state index contributed by atoms with van der Waals surface area (Å²) in [7, 11) is 0. The van der Waals surface area contributed by atoms with Crippen LogP contribution in [0.25, 0.3) is 11.4 Å². The fourth-order valence-corrected chi connectivity index (χ4v) is 4.96. The van der Waals surface area contributed by atoms with Crippen molar-refractivity contribution in [3.05, 3.63) is 35.8 Å². The Hall–Kier alpha value is -2.50. The minimum absolute atomic E-state index is 0.0271. The summed E-state index contributed by atoms with van der Waals surface area (Å²) in [5.74, 6) is 2.35. The van der Waals surface area contributed by atoms with Crippen molar-refractivity contribution in [2.45, 2.75) is 57.3 Å². The zero-order valence-electron chi connectivity index (χ0n) is 17.2. The molecule has 2 aliphatic carbocycles. The topological polar surface area (TPSA) is 71.0 Å². The maximum absolute atomic E-state index is 12.8. The van der Waals surface area contributed by atoms with Crippen molar-refractivity contribution in [2.24, 2.45) is 5.92 Å². The molecule has 0 bridgehead atoms. The lowest BCUT2D eigenvalue weighted by molar-refractivity contribution is -0.134. The summed E-state index contributed by atoms with van der Waals surface area (Å²) >= 11 is 0. The second-order valence-electron chi connectivity index (χ2n) is 8.81. The van der Waals surface area contributed by atoms with Crippen LogP contribution < -0.4 is 5.32 Å². The van der Waals surface area contributed by atoms with E-state index in [1.165, 1.54) is 11.3 Å². The largest absolute Gasteiger partial charge is 0.370 e. The predicted octanol–water partition coefficient (Wildman–Crippen LogP) is 3.58. The van der Waals surface area contributed by atoms with E-state index >= 15 is 0 Å². The third kappa shape index (κ3) is 3.38. The van der Waals surface area contributed by atoms with Crippen molar-refractivity contribution in [3.63, 3.8) is 0 Å². The van der Waals surface area contributed by atoms with Crippen LogP contribution in [0, 0.1) is 5.92 Å². The zero-order chi connectivity index (χ0) is 19.8. The second-order valence-corrected chi connectivity index (χ2v) is 8.81. The van der Waals surface area contributed by atoms with E-state index in [1.54, 1.807) is 6.20 Å². The molecule has 1 N–H and O–H groups in total. The van der Waals surface area contributed by atoms with Gasteiger partial charge in [0.1, 0.15) is 5.82 Å². The lowest BCUT2D eigenvalue weighted by atomic mass is 9.77. The molecule has 0 radical (unpaired) electrons. The van der Waals surface area contributed by atoms with Crippen LogP contribution in [0.2, 0.25) is 0 Å². The molecule has 1 saturated heterocycles. The third-order valence-corrected chi connectivity index (χ3v) is 6.64. The van der Waals surface area contributed by atoms with Gasteiger partial charge in [0.15, 0.2) is 5.82 Å². The Morgan fingerprint density at radius 1 is 1.31 bits per heavy atom. The quantitative estimate of drug-likeness (QED) is 0.844. The smallest absolute Gasteiger partial charge is 0.225 e. The molecular formula is C23H29N5O. The number of carbonyl (C=O) groups is 1. The first-order valence-corrected chi connectivity index (χ1v) is 11.0. The van der Waals surface area contributed by atoms with Gasteiger partial charge >= 0.3 is 0 Å². The first kappa shape index (κ1) is 18.5. The molecule has 6 heteroatoms. The van der Waals surface area contributed by atoms with Crippen molar-refractivity contribution in [3.8, 4) is 11.4 Å². The number of likely N-dealkylation sites (tertiary alicyclic amines) is 1. The zero-order valence-corrected chi connectivity index (χ0v) is 17.2. The van der Waals surface area contributed by atoms with Crippen LogP contribution in [-0.4, -0.2) is 45.4 Å². The standard InChI is InChI=1S/C23H29N5O/c1-2-11-25-21-18-8-10-23(9-4-13-28(15-23)22(29)16-6-7-16)19(18)26-20(27-21)17-5-3-12-24-14-17/h3,5,12,14,16H,2,4,6-11,13,15H2,1H3,(H,25,26,27). The minimum Gasteiger partial charge on any atom is -0.370 e. The summed E-state index contributed by atoms with van der Waals surface area (Å²) in [4.78, 5) is 29.1. The molecule has 152 valence electrons. The summed E-state index contributed by atoms with van der Waals surface area (Å²) < 4.78 is 0. The van der Waals surface area contributed by atoms with E-state index in [4.69, 9.17) is 9.97 Å². The van der Waals surface area contributed by atoms with Crippen LogP contribution >= 0.6 is 0 Å². The van der Waals surface area contributed by atoms with E-state index < -0.39 is 0 Å². The number of hydrogen-bond acceptors (Lipinski definition) is 5. The molecule has 1 saturated carbocycles. The van der Waals surface area contributed by atoms with Gasteiger partial charge in [-0.05, 0) is 57.1 Å². The molecule has 5 rings (SSSR count). The van der Waals surface area contributed by atoms with E-state index in [9.17, 15) is 4.79 Å². The number of pyridine rings is 1. The van der Waals surface area contributed by atoms with Crippen molar-refractivity contribution in [2.75, 3.05) is 25.0 Å². The van der Waals surface area contributed by atoms with E-state index in [2.05, 4.69) is 22.1 Å². The van der Waals surface area contributed by atoms with Crippen LogP contribution in [0.3, 0.4) is 0 Å². The molecule has 1 aliphatic heterocycles. The molecule has 1 amide bonds. The Balaban J connectivity index is 1.54. The summed E-state index contributed by atoms with van der Waals surface area (Å²) in [6.07, 6.45) is 11.0. The number of rotatable bonds is 5. The number of carbonyl (C=O) groups excluding carboxylic acids is 1. The Morgan fingerprint density at radius 3 is 2.97 bits per heavy atom. The predicted molar refractivity (Wildman–Crippen MR) is 113 cm³/mol. The molecule has 1 atom stereocenters. The summed E-state index contributed by atoms with van der Waals surface area (Å²) in [6, 6.07) is 3.95. The second kappa shape index (κ2) is 7.39. The number of piperidine rings is 1. The van der Waals surface area contributed by atoms with Gasteiger partial charge in [-0.15, -0.1) is 0 Å².